The van der Waals surface area contributed by atoms with Crippen molar-refractivity contribution >= 4 is 17.6 Å². The van der Waals surface area contributed by atoms with Crippen LogP contribution in [0.1, 0.15) is 32.8 Å². The average molecular weight is 290 g/mol. The number of hydrogen-bond acceptors (Lipinski definition) is 3. The van der Waals surface area contributed by atoms with Crippen molar-refractivity contribution in [2.24, 2.45) is 0 Å². The summed E-state index contributed by atoms with van der Waals surface area (Å²) in [4.78, 5) is 0. The van der Waals surface area contributed by atoms with E-state index >= 15 is 0 Å². The number of guanidine groups is 2. The van der Waals surface area contributed by atoms with Crippen LogP contribution in [0.4, 0.5) is 5.69 Å². The highest BCUT2D eigenvalue weighted by Crippen LogP contribution is 2.10. The monoisotopic (exact) mass is 290 g/mol. The van der Waals surface area contributed by atoms with Gasteiger partial charge < -0.3 is 16.0 Å². The van der Waals surface area contributed by atoms with E-state index in [4.69, 9.17) is 10.8 Å². The number of rotatable bonds is 6. The van der Waals surface area contributed by atoms with Crippen molar-refractivity contribution in [2.75, 3.05) is 11.9 Å². The minimum absolute atomic E-state index is 0.119. The van der Waals surface area contributed by atoms with Crippen LogP contribution >= 0.6 is 0 Å². The molecule has 1 aromatic carbocycles. The van der Waals surface area contributed by atoms with Crippen LogP contribution in [0.2, 0.25) is 0 Å². The Morgan fingerprint density at radius 2 is 1.67 bits per heavy atom. The zero-order valence-electron chi connectivity index (χ0n) is 13.0. The molecule has 0 aliphatic carbocycles. The molecule has 6 N–H and O–H groups in total. The molecule has 0 atom stereocenters. The van der Waals surface area contributed by atoms with Gasteiger partial charge in [-0.2, -0.15) is 0 Å². The van der Waals surface area contributed by atoms with Crippen LogP contribution in [-0.2, 0) is 6.54 Å². The fourth-order valence-electron chi connectivity index (χ4n) is 1.71. The first-order chi connectivity index (χ1) is 10.0. The van der Waals surface area contributed by atoms with Gasteiger partial charge in [0.2, 0.25) is 0 Å². The van der Waals surface area contributed by atoms with Crippen LogP contribution < -0.4 is 21.3 Å². The van der Waals surface area contributed by atoms with Gasteiger partial charge in [0, 0.05) is 24.8 Å². The van der Waals surface area contributed by atoms with Gasteiger partial charge in [-0.3, -0.25) is 16.1 Å². The molecule has 0 unspecified atom stereocenters. The zero-order valence-corrected chi connectivity index (χ0v) is 13.0. The summed E-state index contributed by atoms with van der Waals surface area (Å²) in [5, 5.41) is 27.1. The molecule has 0 spiro atoms. The lowest BCUT2D eigenvalue weighted by Crippen LogP contribution is -2.45. The number of hydrogen-bond donors (Lipinski definition) is 6. The summed E-state index contributed by atoms with van der Waals surface area (Å²) in [5.74, 6) is 0.263. The Bertz CT molecular complexity index is 452. The van der Waals surface area contributed by atoms with E-state index in [2.05, 4.69) is 35.1 Å². The SMILES string of the molecule is CCCNC(=N)NC(=N)NCc1ccc(NC(C)C)cc1. The third-order valence-corrected chi connectivity index (χ3v) is 2.68. The highest BCUT2D eigenvalue weighted by molar-refractivity contribution is 5.95. The van der Waals surface area contributed by atoms with Crippen LogP contribution in [0.15, 0.2) is 24.3 Å². The fraction of sp³-hybridized carbons (Fsp3) is 0.467. The van der Waals surface area contributed by atoms with Crippen molar-refractivity contribution in [2.45, 2.75) is 39.8 Å². The summed E-state index contributed by atoms with van der Waals surface area (Å²) in [6.45, 7) is 7.51. The summed E-state index contributed by atoms with van der Waals surface area (Å²) in [6.07, 6.45) is 0.946. The van der Waals surface area contributed by atoms with Crippen LogP contribution in [0.3, 0.4) is 0 Å². The van der Waals surface area contributed by atoms with E-state index in [9.17, 15) is 0 Å². The van der Waals surface area contributed by atoms with Crippen molar-refractivity contribution in [1.29, 1.82) is 10.8 Å². The maximum atomic E-state index is 7.72. The molecule has 0 saturated carbocycles. The van der Waals surface area contributed by atoms with Gasteiger partial charge in [0.25, 0.3) is 0 Å². The predicted octanol–water partition coefficient (Wildman–Crippen LogP) is 2.06. The summed E-state index contributed by atoms with van der Waals surface area (Å²) in [5.41, 5.74) is 2.18. The molecule has 6 nitrogen and oxygen atoms in total. The molecule has 0 fully saturated rings. The number of nitrogens with one attached hydrogen (secondary N) is 6. The van der Waals surface area contributed by atoms with Gasteiger partial charge in [-0.25, -0.2) is 0 Å². The third kappa shape index (κ3) is 7.20. The topological polar surface area (TPSA) is 95.8 Å². The van der Waals surface area contributed by atoms with Crippen molar-refractivity contribution in [3.05, 3.63) is 29.8 Å². The first-order valence-electron chi connectivity index (χ1n) is 7.28. The summed E-state index contributed by atoms with van der Waals surface area (Å²) < 4.78 is 0. The molecule has 1 rings (SSSR count). The Morgan fingerprint density at radius 3 is 2.24 bits per heavy atom. The van der Waals surface area contributed by atoms with Crippen LogP contribution in [0, 0.1) is 10.8 Å². The van der Waals surface area contributed by atoms with E-state index in [1.807, 2.05) is 31.2 Å². The summed E-state index contributed by atoms with van der Waals surface area (Å²) in [7, 11) is 0. The van der Waals surface area contributed by atoms with Crippen molar-refractivity contribution in [1.82, 2.24) is 16.0 Å². The molecule has 6 heteroatoms. The first kappa shape index (κ1) is 16.8. The second-order valence-electron chi connectivity index (χ2n) is 5.15. The third-order valence-electron chi connectivity index (χ3n) is 2.68. The normalized spacial score (nSPS) is 10.1. The molecule has 0 aliphatic rings. The standard InChI is InChI=1S/C15H26N6/c1-4-9-18-14(16)21-15(17)19-10-12-5-7-13(8-6-12)20-11(2)3/h5-8,11,20H,4,9-10H2,1-3H3,(H5,16,17,18,19,21). The average Bonchev–Trinajstić information content (AvgIpc) is 2.44. The molecular weight excluding hydrogens is 264 g/mol. The minimum Gasteiger partial charge on any atom is -0.383 e. The van der Waals surface area contributed by atoms with E-state index in [1.165, 1.54) is 0 Å². The molecule has 1 aromatic rings. The largest absolute Gasteiger partial charge is 0.383 e. The molecule has 0 amide bonds. The van der Waals surface area contributed by atoms with Crippen molar-refractivity contribution in [3.63, 3.8) is 0 Å². The highest BCUT2D eigenvalue weighted by Gasteiger charge is 2.00. The molecule has 0 radical (unpaired) electrons. The van der Waals surface area contributed by atoms with Crippen LogP contribution in [0.5, 0.6) is 0 Å². The number of benzene rings is 1. The van der Waals surface area contributed by atoms with E-state index in [0.29, 0.717) is 12.6 Å². The second kappa shape index (κ2) is 8.84. The van der Waals surface area contributed by atoms with Gasteiger partial charge in [0.15, 0.2) is 11.9 Å². The quantitative estimate of drug-likeness (QED) is 0.357. The fourth-order valence-corrected chi connectivity index (χ4v) is 1.71. The highest BCUT2D eigenvalue weighted by atomic mass is 15.2. The Balaban J connectivity index is 2.34. The molecule has 21 heavy (non-hydrogen) atoms. The molecule has 0 heterocycles. The molecular formula is C15H26N6. The van der Waals surface area contributed by atoms with E-state index in [-0.39, 0.29) is 11.9 Å². The van der Waals surface area contributed by atoms with Crippen molar-refractivity contribution < 1.29 is 0 Å². The maximum absolute atomic E-state index is 7.72. The molecule has 0 aliphatic heterocycles. The Labute approximate surface area is 126 Å². The Hall–Kier alpha value is -2.24. The lowest BCUT2D eigenvalue weighted by Gasteiger charge is -2.13. The maximum Gasteiger partial charge on any atom is 0.195 e. The van der Waals surface area contributed by atoms with Crippen LogP contribution in [0.25, 0.3) is 0 Å². The lowest BCUT2D eigenvalue weighted by molar-refractivity contribution is 0.807. The van der Waals surface area contributed by atoms with E-state index < -0.39 is 0 Å². The van der Waals surface area contributed by atoms with Gasteiger partial charge in [0.05, 0.1) is 0 Å². The van der Waals surface area contributed by atoms with Crippen molar-refractivity contribution in [3.8, 4) is 0 Å². The summed E-state index contributed by atoms with van der Waals surface area (Å²) in [6, 6.07) is 8.50. The van der Waals surface area contributed by atoms with Gasteiger partial charge in [-0.15, -0.1) is 0 Å². The predicted molar refractivity (Wildman–Crippen MR) is 88.9 cm³/mol. The van der Waals surface area contributed by atoms with E-state index in [1.54, 1.807) is 0 Å². The molecule has 0 bridgehead atoms. The van der Waals surface area contributed by atoms with Gasteiger partial charge in [0.1, 0.15) is 0 Å². The molecule has 0 aromatic heterocycles. The summed E-state index contributed by atoms with van der Waals surface area (Å²) >= 11 is 0. The van der Waals surface area contributed by atoms with Gasteiger partial charge >= 0.3 is 0 Å². The number of anilines is 1. The van der Waals surface area contributed by atoms with Gasteiger partial charge in [-0.05, 0) is 38.0 Å². The smallest absolute Gasteiger partial charge is 0.195 e. The second-order valence-corrected chi connectivity index (χ2v) is 5.15. The Morgan fingerprint density at radius 1 is 1.05 bits per heavy atom. The van der Waals surface area contributed by atoms with Gasteiger partial charge in [-0.1, -0.05) is 19.1 Å². The van der Waals surface area contributed by atoms with E-state index in [0.717, 1.165) is 24.2 Å². The minimum atomic E-state index is 0.119. The first-order valence-corrected chi connectivity index (χ1v) is 7.28. The Kier molecular flexibility index (Phi) is 7.08. The molecule has 0 saturated heterocycles. The molecule has 116 valence electrons. The zero-order chi connectivity index (χ0) is 15.7. The van der Waals surface area contributed by atoms with Crippen LogP contribution in [-0.4, -0.2) is 24.5 Å². The lowest BCUT2D eigenvalue weighted by atomic mass is 10.2.